The minimum atomic E-state index is -0.606. The molecule has 6 heteroatoms. The molecule has 0 radical (unpaired) electrons. The van der Waals surface area contributed by atoms with Crippen molar-refractivity contribution >= 4 is 21.6 Å². The van der Waals surface area contributed by atoms with Gasteiger partial charge in [0.15, 0.2) is 0 Å². The summed E-state index contributed by atoms with van der Waals surface area (Å²) in [5.41, 5.74) is 1.54. The Morgan fingerprint density at radius 2 is 1.94 bits per heavy atom. The van der Waals surface area contributed by atoms with Gasteiger partial charge in [0.1, 0.15) is 17.3 Å². The van der Waals surface area contributed by atoms with Gasteiger partial charge in [-0.2, -0.15) is 5.10 Å². The number of anilines is 1. The molecule has 0 atom stereocenters. The van der Waals surface area contributed by atoms with Crippen LogP contribution in [0.2, 0.25) is 0 Å². The van der Waals surface area contributed by atoms with Crippen LogP contribution in [0.1, 0.15) is 11.4 Å². The molecule has 2 aromatic rings. The molecule has 2 rings (SSSR count). The molecule has 0 aliphatic rings. The Hall–Kier alpha value is -1.43. The van der Waals surface area contributed by atoms with Crippen LogP contribution in [0.15, 0.2) is 22.7 Å². The fraction of sp³-hybridized carbons (Fsp3) is 0.250. The number of rotatable bonds is 3. The highest BCUT2D eigenvalue weighted by Gasteiger charge is 2.13. The smallest absolute Gasteiger partial charge is 0.149 e. The van der Waals surface area contributed by atoms with Gasteiger partial charge >= 0.3 is 0 Å². The maximum atomic E-state index is 13.4. The molecule has 0 saturated carbocycles. The van der Waals surface area contributed by atoms with Crippen molar-refractivity contribution in [1.29, 1.82) is 0 Å². The summed E-state index contributed by atoms with van der Waals surface area (Å²) in [5.74, 6) is -1.21. The fourth-order valence-corrected chi connectivity index (χ4v) is 2.19. The number of halogens is 3. The highest BCUT2D eigenvalue weighted by Crippen LogP contribution is 2.23. The van der Waals surface area contributed by atoms with Gasteiger partial charge in [0, 0.05) is 7.05 Å². The summed E-state index contributed by atoms with van der Waals surface area (Å²) in [6.07, 6.45) is 0. The molecule has 96 valence electrons. The third-order valence-electron chi connectivity index (χ3n) is 2.66. The second-order valence-corrected chi connectivity index (χ2v) is 4.71. The molecule has 1 aromatic heterocycles. The van der Waals surface area contributed by atoms with Crippen molar-refractivity contribution in [2.45, 2.75) is 13.5 Å². The number of para-hydroxylation sites is 1. The summed E-state index contributed by atoms with van der Waals surface area (Å²) in [5, 5.41) is 6.96. The maximum Gasteiger partial charge on any atom is 0.149 e. The fourth-order valence-electron chi connectivity index (χ4n) is 1.71. The van der Waals surface area contributed by atoms with Crippen LogP contribution in [0.5, 0.6) is 0 Å². The summed E-state index contributed by atoms with van der Waals surface area (Å²) in [4.78, 5) is 0. The van der Waals surface area contributed by atoms with Crippen LogP contribution in [-0.2, 0) is 13.6 Å². The van der Waals surface area contributed by atoms with Crippen LogP contribution in [0, 0.1) is 18.6 Å². The van der Waals surface area contributed by atoms with Crippen molar-refractivity contribution < 1.29 is 8.78 Å². The van der Waals surface area contributed by atoms with Crippen LogP contribution in [0.3, 0.4) is 0 Å². The number of hydrogen-bond acceptors (Lipinski definition) is 2. The quantitative estimate of drug-likeness (QED) is 0.941. The molecule has 0 fully saturated rings. The molecule has 18 heavy (non-hydrogen) atoms. The van der Waals surface area contributed by atoms with Gasteiger partial charge in [0.05, 0.1) is 22.4 Å². The first-order valence-electron chi connectivity index (χ1n) is 5.36. The average molecular weight is 316 g/mol. The zero-order valence-electron chi connectivity index (χ0n) is 9.97. The largest absolute Gasteiger partial charge is 0.375 e. The van der Waals surface area contributed by atoms with E-state index in [4.69, 9.17) is 0 Å². The van der Waals surface area contributed by atoms with E-state index in [-0.39, 0.29) is 12.2 Å². The summed E-state index contributed by atoms with van der Waals surface area (Å²) >= 11 is 3.40. The molecule has 3 nitrogen and oxygen atoms in total. The molecular formula is C12H12BrF2N3. The molecule has 1 N–H and O–H groups in total. The van der Waals surface area contributed by atoms with Gasteiger partial charge in [-0.05, 0) is 35.0 Å². The number of nitrogens with zero attached hydrogens (tertiary/aromatic N) is 2. The van der Waals surface area contributed by atoms with Crippen LogP contribution >= 0.6 is 15.9 Å². The van der Waals surface area contributed by atoms with Crippen molar-refractivity contribution in [1.82, 2.24) is 9.78 Å². The van der Waals surface area contributed by atoms with E-state index in [0.29, 0.717) is 0 Å². The maximum absolute atomic E-state index is 13.4. The Morgan fingerprint density at radius 1 is 1.33 bits per heavy atom. The van der Waals surface area contributed by atoms with Gasteiger partial charge in [-0.3, -0.25) is 4.68 Å². The summed E-state index contributed by atoms with van der Waals surface area (Å²) < 4.78 is 29.4. The van der Waals surface area contributed by atoms with E-state index in [1.165, 1.54) is 18.2 Å². The van der Waals surface area contributed by atoms with E-state index in [9.17, 15) is 8.78 Å². The van der Waals surface area contributed by atoms with Gasteiger partial charge in [-0.1, -0.05) is 6.07 Å². The lowest BCUT2D eigenvalue weighted by Crippen LogP contribution is -2.08. The van der Waals surface area contributed by atoms with Gasteiger partial charge in [0.25, 0.3) is 0 Å². The van der Waals surface area contributed by atoms with Crippen LogP contribution < -0.4 is 5.32 Å². The first kappa shape index (κ1) is 13.0. The summed E-state index contributed by atoms with van der Waals surface area (Å²) in [6.45, 7) is 2.15. The number of aryl methyl sites for hydroxylation is 2. The van der Waals surface area contributed by atoms with Crippen LogP contribution in [0.25, 0.3) is 0 Å². The van der Waals surface area contributed by atoms with Crippen molar-refractivity contribution in [2.75, 3.05) is 5.32 Å². The molecule has 0 aliphatic carbocycles. The molecule has 0 aliphatic heterocycles. The van der Waals surface area contributed by atoms with E-state index < -0.39 is 11.6 Å². The van der Waals surface area contributed by atoms with E-state index in [0.717, 1.165) is 15.9 Å². The van der Waals surface area contributed by atoms with Gasteiger partial charge in [0.2, 0.25) is 0 Å². The lowest BCUT2D eigenvalue weighted by Gasteiger charge is -2.09. The zero-order valence-corrected chi connectivity index (χ0v) is 11.6. The predicted octanol–water partition coefficient (Wildman–Crippen LogP) is 3.38. The third kappa shape index (κ3) is 2.38. The second kappa shape index (κ2) is 5.06. The number of nitrogens with one attached hydrogen (secondary N) is 1. The molecule has 1 aromatic carbocycles. The normalized spacial score (nSPS) is 10.7. The first-order chi connectivity index (χ1) is 8.50. The van der Waals surface area contributed by atoms with E-state index >= 15 is 0 Å². The zero-order chi connectivity index (χ0) is 13.3. The minimum Gasteiger partial charge on any atom is -0.375 e. The molecule has 0 saturated heterocycles. The van der Waals surface area contributed by atoms with E-state index in [1.54, 1.807) is 11.7 Å². The van der Waals surface area contributed by atoms with E-state index in [1.807, 2.05) is 6.92 Å². The lowest BCUT2D eigenvalue weighted by molar-refractivity contribution is 0.587. The van der Waals surface area contributed by atoms with Gasteiger partial charge in [-0.25, -0.2) is 8.78 Å². The van der Waals surface area contributed by atoms with Crippen LogP contribution in [0.4, 0.5) is 14.5 Å². The van der Waals surface area contributed by atoms with Crippen molar-refractivity contribution in [3.63, 3.8) is 0 Å². The Labute approximate surface area is 112 Å². The monoisotopic (exact) mass is 315 g/mol. The standard InChI is InChI=1S/C12H12BrF2N3/c1-7-11(13)10(18(2)17-7)6-16-12-8(14)4-3-5-9(12)15/h3-5,16H,6H2,1-2H3. The molecular weight excluding hydrogens is 304 g/mol. The average Bonchev–Trinajstić information content (AvgIpc) is 2.54. The Balaban J connectivity index is 2.22. The van der Waals surface area contributed by atoms with Crippen molar-refractivity contribution in [2.24, 2.45) is 7.05 Å². The SMILES string of the molecule is Cc1nn(C)c(CNc2c(F)cccc2F)c1Br. The number of aromatic nitrogens is 2. The summed E-state index contributed by atoms with van der Waals surface area (Å²) in [6, 6.07) is 3.77. The highest BCUT2D eigenvalue weighted by molar-refractivity contribution is 9.10. The number of hydrogen-bond donors (Lipinski definition) is 1. The highest BCUT2D eigenvalue weighted by atomic mass is 79.9. The topological polar surface area (TPSA) is 29.9 Å². The summed E-state index contributed by atoms with van der Waals surface area (Å²) in [7, 11) is 1.78. The first-order valence-corrected chi connectivity index (χ1v) is 6.16. The van der Waals surface area contributed by atoms with Gasteiger partial charge in [-0.15, -0.1) is 0 Å². The minimum absolute atomic E-state index is 0.122. The lowest BCUT2D eigenvalue weighted by atomic mass is 10.2. The van der Waals surface area contributed by atoms with Crippen LogP contribution in [-0.4, -0.2) is 9.78 Å². The molecule has 0 amide bonds. The Kier molecular flexibility index (Phi) is 3.65. The molecule has 0 unspecified atom stereocenters. The van der Waals surface area contributed by atoms with Gasteiger partial charge < -0.3 is 5.32 Å². The van der Waals surface area contributed by atoms with E-state index in [2.05, 4.69) is 26.3 Å². The molecule has 1 heterocycles. The van der Waals surface area contributed by atoms with Crippen molar-refractivity contribution in [3.05, 3.63) is 45.7 Å². The second-order valence-electron chi connectivity index (χ2n) is 3.92. The third-order valence-corrected chi connectivity index (χ3v) is 3.69. The molecule has 0 spiro atoms. The van der Waals surface area contributed by atoms with Crippen molar-refractivity contribution in [3.8, 4) is 0 Å². The Morgan fingerprint density at radius 3 is 2.44 bits per heavy atom. The number of benzene rings is 1. The predicted molar refractivity (Wildman–Crippen MR) is 69.3 cm³/mol. The Bertz CT molecular complexity index is 561. The molecule has 0 bridgehead atoms.